The Balaban J connectivity index is 2.05. The minimum absolute atomic E-state index is 0.224. The van der Waals surface area contributed by atoms with Gasteiger partial charge in [-0.1, -0.05) is 32.0 Å². The number of hydrogen-bond donors (Lipinski definition) is 3. The molecule has 3 amide bonds. The lowest BCUT2D eigenvalue weighted by Crippen LogP contribution is -2.63. The van der Waals surface area contributed by atoms with Gasteiger partial charge < -0.3 is 30.1 Å². The van der Waals surface area contributed by atoms with Gasteiger partial charge in [0.1, 0.15) is 11.5 Å². The molecule has 9 nitrogen and oxygen atoms in total. The highest BCUT2D eigenvalue weighted by molar-refractivity contribution is 6.12. The molecule has 0 radical (unpaired) electrons. The number of hydrogen-bond acceptors (Lipinski definition) is 6. The molecular formula is C23H30N4O5. The maximum atomic E-state index is 13.4. The number of anilines is 2. The van der Waals surface area contributed by atoms with E-state index in [4.69, 9.17) is 9.47 Å². The molecule has 2 aromatic rings. The number of likely N-dealkylation sites (N-methyl/N-ethyl adjacent to an activating group) is 1. The number of ether oxygens (including phenoxy) is 2. The summed E-state index contributed by atoms with van der Waals surface area (Å²) in [5, 5.41) is 17.4. The molecule has 1 aliphatic heterocycles. The summed E-state index contributed by atoms with van der Waals surface area (Å²) in [6.45, 7) is 6.71. The third kappa shape index (κ3) is 4.21. The van der Waals surface area contributed by atoms with E-state index in [0.29, 0.717) is 24.5 Å². The van der Waals surface area contributed by atoms with Gasteiger partial charge in [0.25, 0.3) is 11.6 Å². The minimum Gasteiger partial charge on any atom is -0.497 e. The second-order valence-electron chi connectivity index (χ2n) is 7.30. The second-order valence-corrected chi connectivity index (χ2v) is 7.30. The van der Waals surface area contributed by atoms with Crippen LogP contribution in [-0.2, 0) is 10.5 Å². The number of carbonyl (C=O) groups is 2. The summed E-state index contributed by atoms with van der Waals surface area (Å²) < 4.78 is 10.7. The zero-order valence-electron chi connectivity index (χ0n) is 18.8. The van der Waals surface area contributed by atoms with Gasteiger partial charge in [0, 0.05) is 24.7 Å². The number of nitrogens with zero attached hydrogens (tertiary/aromatic N) is 2. The first-order valence-electron chi connectivity index (χ1n) is 10.6. The average Bonchev–Trinajstić information content (AvgIpc) is 2.81. The molecule has 0 spiro atoms. The van der Waals surface area contributed by atoms with E-state index in [1.165, 1.54) is 14.2 Å². The van der Waals surface area contributed by atoms with Crippen molar-refractivity contribution < 1.29 is 24.2 Å². The first-order valence-corrected chi connectivity index (χ1v) is 10.6. The molecule has 0 saturated carbocycles. The monoisotopic (exact) mass is 442 g/mol. The van der Waals surface area contributed by atoms with Gasteiger partial charge in [-0.2, -0.15) is 0 Å². The first kappa shape index (κ1) is 23.4. The normalized spacial score (nSPS) is 17.6. The average molecular weight is 443 g/mol. The molecule has 3 rings (SSSR count). The Bertz CT molecular complexity index is 979. The van der Waals surface area contributed by atoms with E-state index in [1.807, 2.05) is 13.8 Å². The van der Waals surface area contributed by atoms with Crippen LogP contribution in [0.25, 0.3) is 0 Å². The van der Waals surface area contributed by atoms with Crippen LogP contribution in [-0.4, -0.2) is 62.3 Å². The van der Waals surface area contributed by atoms with Gasteiger partial charge in [-0.15, -0.1) is 0 Å². The topological polar surface area (TPSA) is 103 Å². The summed E-state index contributed by atoms with van der Waals surface area (Å²) in [5.74, 6) is 0.0775. The Labute approximate surface area is 187 Å². The van der Waals surface area contributed by atoms with E-state index in [9.17, 15) is 14.7 Å². The Morgan fingerprint density at radius 3 is 2.53 bits per heavy atom. The van der Waals surface area contributed by atoms with Gasteiger partial charge >= 0.3 is 6.03 Å². The predicted octanol–water partition coefficient (Wildman–Crippen LogP) is 2.36. The SMILES string of the molecule is CCN(CC)CCNC(=O)C1(O)c2ccccc2NC(=O)N1c1ccc(OC)cc1OC. The van der Waals surface area contributed by atoms with Gasteiger partial charge in [-0.05, 0) is 31.3 Å². The van der Waals surface area contributed by atoms with Gasteiger partial charge in [0.2, 0.25) is 0 Å². The summed E-state index contributed by atoms with van der Waals surface area (Å²) in [7, 11) is 2.95. The maximum absolute atomic E-state index is 13.4. The molecule has 9 heteroatoms. The van der Waals surface area contributed by atoms with Crippen molar-refractivity contribution in [3.05, 3.63) is 48.0 Å². The van der Waals surface area contributed by atoms with Crippen molar-refractivity contribution >= 4 is 23.3 Å². The van der Waals surface area contributed by atoms with Crippen LogP contribution in [0.15, 0.2) is 42.5 Å². The minimum atomic E-state index is -2.29. The van der Waals surface area contributed by atoms with E-state index >= 15 is 0 Å². The summed E-state index contributed by atoms with van der Waals surface area (Å²) in [6.07, 6.45) is 0. The van der Waals surface area contributed by atoms with Gasteiger partial charge in [-0.3, -0.25) is 4.79 Å². The Morgan fingerprint density at radius 2 is 1.88 bits per heavy atom. The molecule has 172 valence electrons. The zero-order chi connectivity index (χ0) is 23.3. The quantitative estimate of drug-likeness (QED) is 0.551. The van der Waals surface area contributed by atoms with Crippen molar-refractivity contribution in [2.24, 2.45) is 0 Å². The van der Waals surface area contributed by atoms with Crippen molar-refractivity contribution in [1.82, 2.24) is 10.2 Å². The van der Waals surface area contributed by atoms with Crippen LogP contribution in [0.4, 0.5) is 16.2 Å². The molecular weight excluding hydrogens is 412 g/mol. The van der Waals surface area contributed by atoms with Crippen LogP contribution in [0, 0.1) is 0 Å². The second kappa shape index (κ2) is 9.88. The van der Waals surface area contributed by atoms with E-state index in [1.54, 1.807) is 42.5 Å². The third-order valence-corrected chi connectivity index (χ3v) is 5.62. The highest BCUT2D eigenvalue weighted by Crippen LogP contribution is 2.43. The lowest BCUT2D eigenvalue weighted by molar-refractivity contribution is -0.140. The van der Waals surface area contributed by atoms with Crippen molar-refractivity contribution in [1.29, 1.82) is 0 Å². The van der Waals surface area contributed by atoms with E-state index in [0.717, 1.165) is 18.0 Å². The fraction of sp³-hybridized carbons (Fsp3) is 0.391. The van der Waals surface area contributed by atoms with Gasteiger partial charge in [0.05, 0.1) is 25.6 Å². The first-order chi connectivity index (χ1) is 15.4. The highest BCUT2D eigenvalue weighted by atomic mass is 16.5. The number of fused-ring (bicyclic) bond motifs is 1. The standard InChI is InChI=1S/C23H30N4O5/c1-5-26(6-2)14-13-24-21(28)23(30)17-9-7-8-10-18(17)25-22(29)27(23)19-12-11-16(31-3)15-20(19)32-4/h7-12,15,30H,5-6,13-14H2,1-4H3,(H,24,28)(H,25,29). The van der Waals surface area contributed by atoms with Gasteiger partial charge in [0.15, 0.2) is 0 Å². The van der Waals surface area contributed by atoms with Crippen LogP contribution in [0.3, 0.4) is 0 Å². The predicted molar refractivity (Wildman–Crippen MR) is 122 cm³/mol. The van der Waals surface area contributed by atoms with Crippen molar-refractivity contribution in [3.8, 4) is 11.5 Å². The summed E-state index contributed by atoms with van der Waals surface area (Å²) >= 11 is 0. The number of aliphatic hydroxyl groups is 1. The van der Waals surface area contributed by atoms with Crippen LogP contribution in [0.2, 0.25) is 0 Å². The zero-order valence-corrected chi connectivity index (χ0v) is 18.8. The van der Waals surface area contributed by atoms with Crippen LogP contribution < -0.4 is 25.0 Å². The van der Waals surface area contributed by atoms with Crippen LogP contribution in [0.5, 0.6) is 11.5 Å². The fourth-order valence-corrected chi connectivity index (χ4v) is 3.80. The lowest BCUT2D eigenvalue weighted by atomic mass is 9.94. The van der Waals surface area contributed by atoms with E-state index in [2.05, 4.69) is 15.5 Å². The number of amides is 3. The number of nitrogens with one attached hydrogen (secondary N) is 2. The number of benzene rings is 2. The fourth-order valence-electron chi connectivity index (χ4n) is 3.80. The Hall–Kier alpha value is -3.30. The number of para-hydroxylation sites is 1. The Morgan fingerprint density at radius 1 is 1.16 bits per heavy atom. The van der Waals surface area contributed by atoms with Crippen molar-refractivity contribution in [2.45, 2.75) is 19.6 Å². The molecule has 1 unspecified atom stereocenters. The highest BCUT2D eigenvalue weighted by Gasteiger charge is 2.52. The van der Waals surface area contributed by atoms with Crippen molar-refractivity contribution in [3.63, 3.8) is 0 Å². The van der Waals surface area contributed by atoms with Crippen molar-refractivity contribution in [2.75, 3.05) is 50.6 Å². The van der Waals surface area contributed by atoms with E-state index < -0.39 is 17.7 Å². The molecule has 3 N–H and O–H groups in total. The molecule has 2 aromatic carbocycles. The van der Waals surface area contributed by atoms with Gasteiger partial charge in [-0.25, -0.2) is 9.69 Å². The lowest BCUT2D eigenvalue weighted by Gasteiger charge is -2.43. The molecule has 0 bridgehead atoms. The third-order valence-electron chi connectivity index (χ3n) is 5.62. The molecule has 32 heavy (non-hydrogen) atoms. The van der Waals surface area contributed by atoms with Crippen LogP contribution >= 0.6 is 0 Å². The molecule has 0 aromatic heterocycles. The molecule has 1 atom stereocenters. The molecule has 0 saturated heterocycles. The summed E-state index contributed by atoms with van der Waals surface area (Å²) in [5.41, 5.74) is -1.44. The Kier molecular flexibility index (Phi) is 7.22. The number of carbonyl (C=O) groups excluding carboxylic acids is 2. The maximum Gasteiger partial charge on any atom is 0.329 e. The number of urea groups is 1. The molecule has 1 heterocycles. The smallest absolute Gasteiger partial charge is 0.329 e. The van der Waals surface area contributed by atoms with Crippen LogP contribution in [0.1, 0.15) is 19.4 Å². The number of methoxy groups -OCH3 is 2. The molecule has 0 fully saturated rings. The molecule has 0 aliphatic carbocycles. The summed E-state index contributed by atoms with van der Waals surface area (Å²) in [4.78, 5) is 29.7. The molecule has 1 aliphatic rings. The summed E-state index contributed by atoms with van der Waals surface area (Å²) in [6, 6.07) is 10.8. The number of rotatable bonds is 9. The van der Waals surface area contributed by atoms with E-state index in [-0.39, 0.29) is 17.0 Å². The largest absolute Gasteiger partial charge is 0.497 e.